The van der Waals surface area contributed by atoms with E-state index in [1.165, 1.54) is 4.57 Å². The van der Waals surface area contributed by atoms with Gasteiger partial charge < -0.3 is 14.7 Å². The van der Waals surface area contributed by atoms with Gasteiger partial charge in [-0.15, -0.1) is 0 Å². The van der Waals surface area contributed by atoms with Gasteiger partial charge >= 0.3 is 0 Å². The number of oxazole rings is 1. The molecule has 0 fully saturated rings. The predicted octanol–water partition coefficient (Wildman–Crippen LogP) is 2.11. The van der Waals surface area contributed by atoms with Crippen LogP contribution < -0.4 is 5.73 Å². The van der Waals surface area contributed by atoms with Crippen molar-refractivity contribution < 1.29 is 4.42 Å². The normalized spacial score (nSPS) is 10.2. The number of nitrogen functional groups attached to an aromatic ring is 1. The molecule has 23 heavy (non-hydrogen) atoms. The minimum absolute atomic E-state index is 0.0300. The highest BCUT2D eigenvalue weighted by molar-refractivity contribution is 5.55. The average Bonchev–Trinajstić information content (AvgIpc) is 3.17. The number of rotatable bonds is 4. The molecule has 0 spiro atoms. The Kier molecular flexibility index (Phi) is 3.77. The third kappa shape index (κ3) is 2.76. The number of aryl methyl sites for hydroxylation is 1. The highest BCUT2D eigenvalue weighted by Crippen LogP contribution is 2.20. The molecule has 7 nitrogen and oxygen atoms in total. The van der Waals surface area contributed by atoms with Crippen molar-refractivity contribution in [3.8, 4) is 23.5 Å². The van der Waals surface area contributed by atoms with Gasteiger partial charge in [0, 0.05) is 18.5 Å². The summed E-state index contributed by atoms with van der Waals surface area (Å²) < 4.78 is 7.20. The lowest BCUT2D eigenvalue weighted by atomic mass is 10.2. The summed E-state index contributed by atoms with van der Waals surface area (Å²) in [6.45, 7) is 0.359. The van der Waals surface area contributed by atoms with Crippen LogP contribution in [0.2, 0.25) is 0 Å². The van der Waals surface area contributed by atoms with Crippen LogP contribution in [0.4, 0.5) is 5.95 Å². The van der Waals surface area contributed by atoms with Gasteiger partial charge in [-0.25, -0.2) is 9.97 Å². The van der Waals surface area contributed by atoms with Gasteiger partial charge in [-0.2, -0.15) is 10.5 Å². The van der Waals surface area contributed by atoms with E-state index >= 15 is 0 Å². The number of nitrogens with two attached hydrogens (primary N) is 1. The Morgan fingerprint density at radius 3 is 2.65 bits per heavy atom. The third-order valence-corrected chi connectivity index (χ3v) is 3.37. The third-order valence-electron chi connectivity index (χ3n) is 3.37. The molecule has 0 unspecified atom stereocenters. The SMILES string of the molecule is N#Cc1nc(N)n(CCc2ncc(-c3ccccc3)o2)c1C#N. The second-order valence-corrected chi connectivity index (χ2v) is 4.78. The van der Waals surface area contributed by atoms with E-state index in [9.17, 15) is 0 Å². The maximum Gasteiger partial charge on any atom is 0.202 e. The molecule has 0 amide bonds. The first-order valence-electron chi connectivity index (χ1n) is 6.89. The van der Waals surface area contributed by atoms with E-state index in [1.54, 1.807) is 6.20 Å². The van der Waals surface area contributed by atoms with Crippen molar-refractivity contribution in [2.75, 3.05) is 5.73 Å². The lowest BCUT2D eigenvalue weighted by Crippen LogP contribution is -2.08. The van der Waals surface area contributed by atoms with Crippen LogP contribution in [-0.2, 0) is 13.0 Å². The van der Waals surface area contributed by atoms with E-state index in [0.717, 1.165) is 5.56 Å². The van der Waals surface area contributed by atoms with Gasteiger partial charge in [0.25, 0.3) is 0 Å². The lowest BCUT2D eigenvalue weighted by Gasteiger charge is -2.03. The molecule has 0 aliphatic carbocycles. The highest BCUT2D eigenvalue weighted by atomic mass is 16.4. The molecule has 0 saturated heterocycles. The number of hydrogen-bond acceptors (Lipinski definition) is 6. The Morgan fingerprint density at radius 1 is 1.17 bits per heavy atom. The van der Waals surface area contributed by atoms with Crippen molar-refractivity contribution in [1.82, 2.24) is 14.5 Å². The van der Waals surface area contributed by atoms with Gasteiger partial charge in [0.1, 0.15) is 12.1 Å². The minimum atomic E-state index is 0.0300. The van der Waals surface area contributed by atoms with Crippen molar-refractivity contribution in [1.29, 1.82) is 10.5 Å². The first-order chi connectivity index (χ1) is 11.2. The molecule has 0 radical (unpaired) electrons. The Balaban J connectivity index is 1.78. The molecule has 3 aromatic rings. The van der Waals surface area contributed by atoms with Gasteiger partial charge in [0.15, 0.2) is 23.0 Å². The van der Waals surface area contributed by atoms with Crippen LogP contribution in [0, 0.1) is 22.7 Å². The molecule has 3 rings (SSSR count). The number of imidazole rings is 1. The van der Waals surface area contributed by atoms with Crippen LogP contribution >= 0.6 is 0 Å². The molecule has 2 aromatic heterocycles. The standard InChI is InChI=1S/C16H12N6O/c17-8-12-13(9-18)22(16(19)21-12)7-6-15-20-10-14(23-15)11-4-2-1-3-5-11/h1-5,10H,6-7H2,(H2,19,21). The summed E-state index contributed by atoms with van der Waals surface area (Å²) in [7, 11) is 0. The Hall–Kier alpha value is -3.58. The first kappa shape index (κ1) is 14.4. The van der Waals surface area contributed by atoms with Gasteiger partial charge in [-0.05, 0) is 0 Å². The molecule has 7 heteroatoms. The van der Waals surface area contributed by atoms with Crippen LogP contribution in [0.15, 0.2) is 40.9 Å². The second kappa shape index (κ2) is 6.04. The Morgan fingerprint density at radius 2 is 1.96 bits per heavy atom. The number of nitrogens with zero attached hydrogens (tertiary/aromatic N) is 5. The largest absolute Gasteiger partial charge is 0.441 e. The summed E-state index contributed by atoms with van der Waals surface area (Å²) in [6.07, 6.45) is 2.10. The highest BCUT2D eigenvalue weighted by Gasteiger charge is 2.15. The Bertz CT molecular complexity index is 910. The quantitative estimate of drug-likeness (QED) is 0.788. The predicted molar refractivity (Wildman–Crippen MR) is 81.7 cm³/mol. The van der Waals surface area contributed by atoms with Gasteiger partial charge in [-0.1, -0.05) is 30.3 Å². The summed E-state index contributed by atoms with van der Waals surface area (Å²) >= 11 is 0. The van der Waals surface area contributed by atoms with Gasteiger partial charge in [0.05, 0.1) is 6.20 Å². The van der Waals surface area contributed by atoms with E-state index in [2.05, 4.69) is 9.97 Å². The smallest absolute Gasteiger partial charge is 0.202 e. The molecular weight excluding hydrogens is 292 g/mol. The van der Waals surface area contributed by atoms with Crippen molar-refractivity contribution in [3.05, 3.63) is 53.8 Å². The topological polar surface area (TPSA) is 117 Å². The van der Waals surface area contributed by atoms with Crippen molar-refractivity contribution in [2.45, 2.75) is 13.0 Å². The fraction of sp³-hybridized carbons (Fsp3) is 0.125. The first-order valence-corrected chi connectivity index (χ1v) is 6.89. The van der Waals surface area contributed by atoms with E-state index in [0.29, 0.717) is 24.6 Å². The summed E-state index contributed by atoms with van der Waals surface area (Å²) in [6, 6.07) is 13.5. The summed E-state index contributed by atoms with van der Waals surface area (Å²) in [4.78, 5) is 8.10. The maximum atomic E-state index is 9.14. The molecule has 1 aromatic carbocycles. The van der Waals surface area contributed by atoms with Crippen molar-refractivity contribution >= 4 is 5.95 Å². The van der Waals surface area contributed by atoms with Crippen LogP contribution in [0.1, 0.15) is 17.3 Å². The number of hydrogen-bond donors (Lipinski definition) is 1. The molecule has 112 valence electrons. The number of nitriles is 2. The zero-order chi connectivity index (χ0) is 16.2. The average molecular weight is 304 g/mol. The molecular formula is C16H12N6O. The Labute approximate surface area is 132 Å². The van der Waals surface area contributed by atoms with Crippen molar-refractivity contribution in [2.24, 2.45) is 0 Å². The summed E-state index contributed by atoms with van der Waals surface area (Å²) in [5.74, 6) is 1.34. The zero-order valence-corrected chi connectivity index (χ0v) is 12.1. The number of aromatic nitrogens is 3. The van der Waals surface area contributed by atoms with E-state index < -0.39 is 0 Å². The van der Waals surface area contributed by atoms with Crippen LogP contribution in [0.5, 0.6) is 0 Å². The zero-order valence-electron chi connectivity index (χ0n) is 12.1. The lowest BCUT2D eigenvalue weighted by molar-refractivity contribution is 0.487. The number of benzene rings is 1. The van der Waals surface area contributed by atoms with Gasteiger partial charge in [-0.3, -0.25) is 0 Å². The maximum absolute atomic E-state index is 9.14. The second-order valence-electron chi connectivity index (χ2n) is 4.78. The summed E-state index contributed by atoms with van der Waals surface area (Å²) in [5, 5.41) is 18.1. The monoisotopic (exact) mass is 304 g/mol. The van der Waals surface area contributed by atoms with Crippen molar-refractivity contribution in [3.63, 3.8) is 0 Å². The molecule has 0 saturated carbocycles. The van der Waals surface area contributed by atoms with E-state index in [-0.39, 0.29) is 17.3 Å². The van der Waals surface area contributed by atoms with E-state index in [4.69, 9.17) is 20.7 Å². The van der Waals surface area contributed by atoms with Crippen LogP contribution in [0.3, 0.4) is 0 Å². The molecule has 0 aliphatic rings. The van der Waals surface area contributed by atoms with Crippen LogP contribution in [-0.4, -0.2) is 14.5 Å². The number of anilines is 1. The molecule has 0 bridgehead atoms. The van der Waals surface area contributed by atoms with Gasteiger partial charge in [0.2, 0.25) is 5.95 Å². The molecule has 0 atom stereocenters. The minimum Gasteiger partial charge on any atom is -0.441 e. The summed E-state index contributed by atoms with van der Waals surface area (Å²) in [5.41, 5.74) is 6.88. The fourth-order valence-corrected chi connectivity index (χ4v) is 2.26. The van der Waals surface area contributed by atoms with E-state index in [1.807, 2.05) is 42.5 Å². The van der Waals surface area contributed by atoms with Crippen LogP contribution in [0.25, 0.3) is 11.3 Å². The fourth-order valence-electron chi connectivity index (χ4n) is 2.26. The molecule has 0 aliphatic heterocycles. The molecule has 2 N–H and O–H groups in total. The molecule has 2 heterocycles.